The summed E-state index contributed by atoms with van der Waals surface area (Å²) in [4.78, 5) is 2.27. The molecule has 18 heavy (non-hydrogen) atoms. The Labute approximate surface area is 110 Å². The first kappa shape index (κ1) is 14.8. The van der Waals surface area contributed by atoms with E-state index in [0.29, 0.717) is 11.7 Å². The second-order valence-electron chi connectivity index (χ2n) is 4.54. The zero-order valence-electron chi connectivity index (χ0n) is 11.5. The number of anilines is 2. The van der Waals surface area contributed by atoms with Crippen LogP contribution < -0.4 is 10.6 Å². The molecule has 1 aromatic rings. The van der Waals surface area contributed by atoms with E-state index in [-0.39, 0.29) is 4.90 Å². The Morgan fingerprint density at radius 1 is 1.28 bits per heavy atom. The van der Waals surface area contributed by atoms with E-state index < -0.39 is 9.84 Å². The van der Waals surface area contributed by atoms with E-state index in [1.165, 1.54) is 6.26 Å². The predicted molar refractivity (Wildman–Crippen MR) is 76.7 cm³/mol. The molecular formula is C13H22N2O2S. The molecular weight excluding hydrogens is 248 g/mol. The Morgan fingerprint density at radius 2 is 1.83 bits per heavy atom. The van der Waals surface area contributed by atoms with Crippen LogP contribution in [0.15, 0.2) is 23.1 Å². The van der Waals surface area contributed by atoms with Gasteiger partial charge in [0.15, 0.2) is 9.84 Å². The predicted octanol–water partition coefficient (Wildman–Crippen LogP) is 2.30. The molecule has 0 atom stereocenters. The summed E-state index contributed by atoms with van der Waals surface area (Å²) in [6.45, 7) is 4.22. The molecule has 0 spiro atoms. The molecule has 0 aliphatic rings. The van der Waals surface area contributed by atoms with Crippen LogP contribution in [0.25, 0.3) is 0 Å². The zero-order valence-corrected chi connectivity index (χ0v) is 12.3. The van der Waals surface area contributed by atoms with Crippen molar-refractivity contribution < 1.29 is 8.42 Å². The lowest BCUT2D eigenvalue weighted by Crippen LogP contribution is -2.31. The van der Waals surface area contributed by atoms with E-state index in [2.05, 4.69) is 18.7 Å². The number of benzene rings is 1. The van der Waals surface area contributed by atoms with Gasteiger partial charge in [0.1, 0.15) is 0 Å². The lowest BCUT2D eigenvalue weighted by molar-refractivity contribution is 0.591. The molecule has 5 heteroatoms. The summed E-state index contributed by atoms with van der Waals surface area (Å²) in [5.41, 5.74) is 7.12. The van der Waals surface area contributed by atoms with Gasteiger partial charge in [0.05, 0.1) is 16.3 Å². The van der Waals surface area contributed by atoms with Crippen molar-refractivity contribution in [3.63, 3.8) is 0 Å². The molecule has 0 aliphatic carbocycles. The van der Waals surface area contributed by atoms with Crippen molar-refractivity contribution in [2.24, 2.45) is 0 Å². The van der Waals surface area contributed by atoms with Crippen LogP contribution in [0.4, 0.5) is 11.4 Å². The molecule has 1 aromatic carbocycles. The topological polar surface area (TPSA) is 63.4 Å². The lowest BCUT2D eigenvalue weighted by atomic mass is 10.1. The number of hydrogen-bond acceptors (Lipinski definition) is 4. The number of rotatable bonds is 5. The van der Waals surface area contributed by atoms with Crippen LogP contribution in [0.1, 0.15) is 26.7 Å². The maximum absolute atomic E-state index is 11.6. The van der Waals surface area contributed by atoms with Crippen LogP contribution in [0.5, 0.6) is 0 Å². The van der Waals surface area contributed by atoms with Gasteiger partial charge in [-0.3, -0.25) is 0 Å². The Hall–Kier alpha value is -1.23. The fourth-order valence-corrected chi connectivity index (χ4v) is 3.03. The average Bonchev–Trinajstić information content (AvgIpc) is 2.29. The summed E-state index contributed by atoms with van der Waals surface area (Å²) in [6.07, 6.45) is 3.17. The van der Waals surface area contributed by atoms with Crippen molar-refractivity contribution >= 4 is 21.2 Å². The minimum absolute atomic E-state index is 0.206. The van der Waals surface area contributed by atoms with Crippen molar-refractivity contribution in [3.05, 3.63) is 18.2 Å². The molecule has 0 unspecified atom stereocenters. The number of sulfone groups is 1. The first-order chi connectivity index (χ1) is 8.32. The summed E-state index contributed by atoms with van der Waals surface area (Å²) in [6, 6.07) is 5.51. The molecule has 4 nitrogen and oxygen atoms in total. The van der Waals surface area contributed by atoms with Crippen molar-refractivity contribution in [1.29, 1.82) is 0 Å². The highest BCUT2D eigenvalue weighted by Crippen LogP contribution is 2.31. The minimum atomic E-state index is -3.28. The SMILES string of the molecule is CCC(CC)N(C)c1cccc(S(C)(=O)=O)c1N. The van der Waals surface area contributed by atoms with Gasteiger partial charge < -0.3 is 10.6 Å². The standard InChI is InChI=1S/C13H22N2O2S/c1-5-10(6-2)15(3)11-8-7-9-12(13(11)14)18(4,16)17/h7-10H,5-6,14H2,1-4H3. The van der Waals surface area contributed by atoms with Gasteiger partial charge in [-0.15, -0.1) is 0 Å². The third kappa shape index (κ3) is 2.96. The molecule has 0 heterocycles. The lowest BCUT2D eigenvalue weighted by Gasteiger charge is -2.30. The second kappa shape index (κ2) is 5.61. The molecule has 0 aliphatic heterocycles. The largest absolute Gasteiger partial charge is 0.396 e. The highest BCUT2D eigenvalue weighted by atomic mass is 32.2. The summed E-state index contributed by atoms with van der Waals surface area (Å²) in [5.74, 6) is 0. The first-order valence-corrected chi connectivity index (χ1v) is 8.03. The van der Waals surface area contributed by atoms with Gasteiger partial charge in [-0.05, 0) is 25.0 Å². The van der Waals surface area contributed by atoms with E-state index in [9.17, 15) is 8.42 Å². The van der Waals surface area contributed by atoms with Gasteiger partial charge >= 0.3 is 0 Å². The fourth-order valence-electron chi connectivity index (χ4n) is 2.20. The molecule has 2 N–H and O–H groups in total. The van der Waals surface area contributed by atoms with Gasteiger partial charge in [-0.1, -0.05) is 19.9 Å². The molecule has 0 bridgehead atoms. The van der Waals surface area contributed by atoms with Crippen LogP contribution >= 0.6 is 0 Å². The van der Waals surface area contributed by atoms with Gasteiger partial charge in [0.2, 0.25) is 0 Å². The third-order valence-electron chi connectivity index (χ3n) is 3.31. The summed E-state index contributed by atoms with van der Waals surface area (Å²) in [7, 11) is -1.33. The number of nitrogen functional groups attached to an aromatic ring is 1. The van der Waals surface area contributed by atoms with E-state index >= 15 is 0 Å². The van der Waals surface area contributed by atoms with E-state index in [4.69, 9.17) is 5.73 Å². The molecule has 0 aromatic heterocycles. The first-order valence-electron chi connectivity index (χ1n) is 6.14. The van der Waals surface area contributed by atoms with Crippen LogP contribution in [0, 0.1) is 0 Å². The van der Waals surface area contributed by atoms with Crippen molar-refractivity contribution in [3.8, 4) is 0 Å². The van der Waals surface area contributed by atoms with E-state index in [0.717, 1.165) is 18.5 Å². The van der Waals surface area contributed by atoms with Crippen molar-refractivity contribution in [2.75, 3.05) is 23.9 Å². The number of nitrogens with zero attached hydrogens (tertiary/aromatic N) is 1. The highest BCUT2D eigenvalue weighted by Gasteiger charge is 2.19. The normalized spacial score (nSPS) is 11.8. The van der Waals surface area contributed by atoms with Gasteiger partial charge in [0, 0.05) is 19.3 Å². The Bertz CT molecular complexity index is 508. The summed E-state index contributed by atoms with van der Waals surface area (Å²) < 4.78 is 23.3. The van der Waals surface area contributed by atoms with Crippen LogP contribution in [-0.4, -0.2) is 27.8 Å². The minimum Gasteiger partial charge on any atom is -0.396 e. The van der Waals surface area contributed by atoms with Crippen LogP contribution in [0.3, 0.4) is 0 Å². The molecule has 1 rings (SSSR count). The van der Waals surface area contributed by atoms with Crippen molar-refractivity contribution in [2.45, 2.75) is 37.6 Å². The average molecular weight is 270 g/mol. The number of para-hydroxylation sites is 1. The zero-order chi connectivity index (χ0) is 13.9. The van der Waals surface area contributed by atoms with Crippen LogP contribution in [0.2, 0.25) is 0 Å². The Morgan fingerprint density at radius 3 is 2.28 bits per heavy atom. The molecule has 102 valence electrons. The van der Waals surface area contributed by atoms with E-state index in [1.54, 1.807) is 12.1 Å². The highest BCUT2D eigenvalue weighted by molar-refractivity contribution is 7.90. The maximum Gasteiger partial charge on any atom is 0.177 e. The molecule has 0 radical (unpaired) electrons. The quantitative estimate of drug-likeness (QED) is 0.834. The van der Waals surface area contributed by atoms with Gasteiger partial charge in [-0.2, -0.15) is 0 Å². The van der Waals surface area contributed by atoms with Gasteiger partial charge in [-0.25, -0.2) is 8.42 Å². The fraction of sp³-hybridized carbons (Fsp3) is 0.538. The van der Waals surface area contributed by atoms with Gasteiger partial charge in [0.25, 0.3) is 0 Å². The monoisotopic (exact) mass is 270 g/mol. The molecule has 0 fully saturated rings. The third-order valence-corrected chi connectivity index (χ3v) is 4.47. The van der Waals surface area contributed by atoms with E-state index in [1.807, 2.05) is 13.1 Å². The Balaban J connectivity index is 3.27. The molecule has 0 saturated carbocycles. The summed E-state index contributed by atoms with van der Waals surface area (Å²) in [5, 5.41) is 0. The second-order valence-corrected chi connectivity index (χ2v) is 6.53. The molecule has 0 saturated heterocycles. The van der Waals surface area contributed by atoms with Crippen LogP contribution in [-0.2, 0) is 9.84 Å². The number of hydrogen-bond donors (Lipinski definition) is 1. The van der Waals surface area contributed by atoms with Crippen molar-refractivity contribution in [1.82, 2.24) is 0 Å². The number of nitrogens with two attached hydrogens (primary N) is 1. The smallest absolute Gasteiger partial charge is 0.177 e. The maximum atomic E-state index is 11.6. The molecule has 0 amide bonds. The summed E-state index contributed by atoms with van der Waals surface area (Å²) >= 11 is 0. The Kier molecular flexibility index (Phi) is 4.62.